The third kappa shape index (κ3) is 5.17. The van der Waals surface area contributed by atoms with Gasteiger partial charge in [0, 0.05) is 0 Å². The summed E-state index contributed by atoms with van der Waals surface area (Å²) < 4.78 is 0. The molecule has 0 aromatic carbocycles. The first-order valence-corrected chi connectivity index (χ1v) is 5.30. The molecule has 68 valence electrons. The van der Waals surface area contributed by atoms with Gasteiger partial charge in [-0.15, -0.1) is 0 Å². The molecule has 0 saturated carbocycles. The highest BCUT2D eigenvalue weighted by atomic mass is 13.9. The molecular formula is C12H20. The Morgan fingerprint density at radius 3 is 0.917 bits per heavy atom. The molecule has 1 rings (SSSR count). The molecule has 0 aromatic rings. The summed E-state index contributed by atoms with van der Waals surface area (Å²) in [5.74, 6) is 0. The van der Waals surface area contributed by atoms with Crippen LogP contribution in [0.25, 0.3) is 0 Å². The lowest BCUT2D eigenvalue weighted by Crippen LogP contribution is -1.77. The smallest absolute Gasteiger partial charge is 0.0351 e. The van der Waals surface area contributed by atoms with Gasteiger partial charge in [0.2, 0.25) is 0 Å². The third-order valence-electron chi connectivity index (χ3n) is 2.32. The first kappa shape index (κ1) is 9.57. The van der Waals surface area contributed by atoms with Crippen LogP contribution in [-0.4, -0.2) is 0 Å². The monoisotopic (exact) mass is 164 g/mol. The Hall–Kier alpha value is -0.520. The highest BCUT2D eigenvalue weighted by Gasteiger charge is 1.87. The molecule has 12 heavy (non-hydrogen) atoms. The van der Waals surface area contributed by atoms with Gasteiger partial charge in [-0.2, -0.15) is 0 Å². The van der Waals surface area contributed by atoms with Gasteiger partial charge in [0.1, 0.15) is 0 Å². The summed E-state index contributed by atoms with van der Waals surface area (Å²) in [6.07, 6.45) is 20.0. The van der Waals surface area contributed by atoms with Crippen LogP contribution in [0.4, 0.5) is 0 Å². The van der Waals surface area contributed by atoms with Gasteiger partial charge >= 0.3 is 0 Å². The molecule has 0 aromatic heterocycles. The molecule has 0 N–H and O–H groups in total. The molecule has 1 aliphatic rings. The van der Waals surface area contributed by atoms with Gasteiger partial charge in [-0.05, 0) is 51.4 Å². The molecule has 0 bridgehead atoms. The number of hydrogen-bond donors (Lipinski definition) is 0. The van der Waals surface area contributed by atoms with Gasteiger partial charge in [-0.3, -0.25) is 0 Å². The first-order chi connectivity index (χ1) is 6.00. The quantitative estimate of drug-likeness (QED) is 0.470. The molecule has 0 nitrogen and oxygen atoms in total. The largest absolute Gasteiger partial charge is 0.0885 e. The molecule has 0 amide bonds. The van der Waals surface area contributed by atoms with E-state index in [1.807, 2.05) is 0 Å². The topological polar surface area (TPSA) is 0 Å². The van der Waals surface area contributed by atoms with E-state index in [4.69, 9.17) is 0 Å². The van der Waals surface area contributed by atoms with Crippen LogP contribution in [0.2, 0.25) is 0 Å². The van der Waals surface area contributed by atoms with Gasteiger partial charge < -0.3 is 0 Å². The Labute approximate surface area is 76.4 Å². The Balaban J connectivity index is 2.18. The summed E-state index contributed by atoms with van der Waals surface area (Å²) >= 11 is 0. The summed E-state index contributed by atoms with van der Waals surface area (Å²) in [5, 5.41) is 0. The van der Waals surface area contributed by atoms with Crippen molar-refractivity contribution in [1.82, 2.24) is 0 Å². The van der Waals surface area contributed by atoms with Crippen molar-refractivity contribution in [3.63, 3.8) is 0 Å². The van der Waals surface area contributed by atoms with E-state index in [2.05, 4.69) is 24.3 Å². The number of hydrogen-bond acceptors (Lipinski definition) is 0. The normalized spacial score (nSPS) is 26.7. The van der Waals surface area contributed by atoms with Crippen molar-refractivity contribution in [1.29, 1.82) is 0 Å². The van der Waals surface area contributed by atoms with E-state index in [9.17, 15) is 0 Å². The second-order valence-electron chi connectivity index (χ2n) is 3.51. The van der Waals surface area contributed by atoms with Crippen LogP contribution in [0.5, 0.6) is 0 Å². The average Bonchev–Trinajstić information content (AvgIpc) is 2.05. The Morgan fingerprint density at radius 1 is 0.417 bits per heavy atom. The Kier molecular flexibility index (Phi) is 5.70. The number of rotatable bonds is 0. The molecule has 0 atom stereocenters. The average molecular weight is 164 g/mol. The maximum absolute atomic E-state index is 2.35. The highest BCUT2D eigenvalue weighted by Crippen LogP contribution is 2.07. The number of allylic oxidation sites excluding steroid dienone is 4. The molecule has 0 heteroatoms. The van der Waals surface area contributed by atoms with Gasteiger partial charge in [0.15, 0.2) is 0 Å². The van der Waals surface area contributed by atoms with E-state index >= 15 is 0 Å². The molecule has 0 spiro atoms. The molecule has 1 aliphatic carbocycles. The minimum atomic E-state index is 1.29. The summed E-state index contributed by atoms with van der Waals surface area (Å²) in [5.41, 5.74) is 0. The van der Waals surface area contributed by atoms with Crippen LogP contribution >= 0.6 is 0 Å². The maximum Gasteiger partial charge on any atom is -0.0351 e. The lowest BCUT2D eigenvalue weighted by atomic mass is 10.1. The van der Waals surface area contributed by atoms with Crippen molar-refractivity contribution in [2.24, 2.45) is 0 Å². The lowest BCUT2D eigenvalue weighted by Gasteiger charge is -1.97. The zero-order valence-electron chi connectivity index (χ0n) is 7.97. The van der Waals surface area contributed by atoms with E-state index in [1.54, 1.807) is 0 Å². The van der Waals surface area contributed by atoms with Crippen molar-refractivity contribution in [2.45, 2.75) is 51.4 Å². The summed E-state index contributed by atoms with van der Waals surface area (Å²) in [4.78, 5) is 0. The molecule has 0 saturated heterocycles. The maximum atomic E-state index is 2.35. The third-order valence-corrected chi connectivity index (χ3v) is 2.32. The van der Waals surface area contributed by atoms with Gasteiger partial charge in [-0.1, -0.05) is 24.3 Å². The van der Waals surface area contributed by atoms with Crippen LogP contribution in [-0.2, 0) is 0 Å². The van der Waals surface area contributed by atoms with Crippen molar-refractivity contribution in [2.75, 3.05) is 0 Å². The van der Waals surface area contributed by atoms with Gasteiger partial charge in [0.25, 0.3) is 0 Å². The van der Waals surface area contributed by atoms with Crippen molar-refractivity contribution < 1.29 is 0 Å². The minimum absolute atomic E-state index is 1.29. The molecule has 0 radical (unpaired) electrons. The van der Waals surface area contributed by atoms with E-state index in [0.717, 1.165) is 0 Å². The molecular weight excluding hydrogens is 144 g/mol. The van der Waals surface area contributed by atoms with Gasteiger partial charge in [-0.25, -0.2) is 0 Å². The predicted octanol–water partition coefficient (Wildman–Crippen LogP) is 4.23. The zero-order chi connectivity index (χ0) is 8.49. The van der Waals surface area contributed by atoms with Crippen molar-refractivity contribution in [3.05, 3.63) is 24.3 Å². The summed E-state index contributed by atoms with van der Waals surface area (Å²) in [6.45, 7) is 0. The Morgan fingerprint density at radius 2 is 0.667 bits per heavy atom. The zero-order valence-corrected chi connectivity index (χ0v) is 7.97. The van der Waals surface area contributed by atoms with Crippen LogP contribution in [0.15, 0.2) is 24.3 Å². The van der Waals surface area contributed by atoms with Crippen LogP contribution in [0, 0.1) is 0 Å². The van der Waals surface area contributed by atoms with E-state index < -0.39 is 0 Å². The summed E-state index contributed by atoms with van der Waals surface area (Å²) in [7, 11) is 0. The van der Waals surface area contributed by atoms with Gasteiger partial charge in [0.05, 0.1) is 0 Å². The van der Waals surface area contributed by atoms with Crippen LogP contribution < -0.4 is 0 Å². The fraction of sp³-hybridized carbons (Fsp3) is 0.667. The summed E-state index contributed by atoms with van der Waals surface area (Å²) in [6, 6.07) is 0. The SMILES string of the molecule is C1=C/CCCC/C=C/CCCC/1. The van der Waals surface area contributed by atoms with E-state index in [1.165, 1.54) is 51.4 Å². The minimum Gasteiger partial charge on any atom is -0.0885 e. The second kappa shape index (κ2) is 7.15. The molecule has 0 fully saturated rings. The van der Waals surface area contributed by atoms with E-state index in [0.29, 0.717) is 0 Å². The molecule has 0 aliphatic heterocycles. The van der Waals surface area contributed by atoms with Crippen LogP contribution in [0.1, 0.15) is 51.4 Å². The molecule has 0 heterocycles. The fourth-order valence-corrected chi connectivity index (χ4v) is 1.52. The highest BCUT2D eigenvalue weighted by molar-refractivity contribution is 4.85. The van der Waals surface area contributed by atoms with E-state index in [-0.39, 0.29) is 0 Å². The second-order valence-corrected chi connectivity index (χ2v) is 3.51. The predicted molar refractivity (Wildman–Crippen MR) is 55.2 cm³/mol. The van der Waals surface area contributed by atoms with Crippen LogP contribution in [0.3, 0.4) is 0 Å². The van der Waals surface area contributed by atoms with Crippen molar-refractivity contribution >= 4 is 0 Å². The standard InChI is InChI=1S/C12H20/c1-2-4-6-8-10-12-11-9-7-5-3-1/h1-2,11-12H,3-10H2/b2-1+,12-11+. The van der Waals surface area contributed by atoms with Crippen molar-refractivity contribution in [3.8, 4) is 0 Å². The first-order valence-electron chi connectivity index (χ1n) is 5.30. The lowest BCUT2D eigenvalue weighted by molar-refractivity contribution is 0.730. The molecule has 0 unspecified atom stereocenters. The fourth-order valence-electron chi connectivity index (χ4n) is 1.52. The Bertz CT molecular complexity index is 108.